The minimum absolute atomic E-state index is 0.501. The van der Waals surface area contributed by atoms with E-state index >= 15 is 0 Å². The maximum Gasteiger partial charge on any atom is 0.344 e. The van der Waals surface area contributed by atoms with Crippen LogP contribution < -0.4 is 4.72 Å². The highest BCUT2D eigenvalue weighted by atomic mass is 32.2. The van der Waals surface area contributed by atoms with Crippen LogP contribution in [-0.2, 0) is 4.74 Å². The van der Waals surface area contributed by atoms with Gasteiger partial charge in [-0.1, -0.05) is 44.9 Å². The average molecular weight is 381 g/mol. The van der Waals surface area contributed by atoms with Crippen LogP contribution in [0.3, 0.4) is 0 Å². The third-order valence-corrected chi connectivity index (χ3v) is 4.41. The molecule has 0 saturated heterocycles. The minimum atomic E-state index is -0.700. The van der Waals surface area contributed by atoms with Crippen LogP contribution in [0, 0.1) is 5.41 Å². The fraction of sp³-hybridized carbons (Fsp3) is 0.500. The number of amidine groups is 1. The summed E-state index contributed by atoms with van der Waals surface area (Å²) in [6, 6.07) is 7.53. The first kappa shape index (κ1) is 21.8. The highest BCUT2D eigenvalue weighted by Crippen LogP contribution is 2.14. The van der Waals surface area contributed by atoms with Crippen molar-refractivity contribution in [3.63, 3.8) is 0 Å². The lowest BCUT2D eigenvalue weighted by molar-refractivity contribution is 0.164. The first-order valence-corrected chi connectivity index (χ1v) is 9.60. The van der Waals surface area contributed by atoms with Gasteiger partial charge in [0.15, 0.2) is 0 Å². The number of carbonyl (C=O) groups is 2. The van der Waals surface area contributed by atoms with E-state index in [1.54, 1.807) is 4.90 Å². The molecule has 4 amide bonds. The van der Waals surface area contributed by atoms with Gasteiger partial charge in [0.25, 0.3) is 0 Å². The molecule has 0 atom stereocenters. The highest BCUT2D eigenvalue weighted by Gasteiger charge is 2.31. The number of imide groups is 1. The van der Waals surface area contributed by atoms with Crippen molar-refractivity contribution in [1.29, 1.82) is 5.41 Å². The molecule has 0 spiro atoms. The number of amides is 4. The number of ether oxygens (including phenoxy) is 1. The highest BCUT2D eigenvalue weighted by molar-refractivity contribution is 7.98. The standard InChI is InChI=1S/C18H28N4O3S/c1-4-6-13-21(14-7-5-2)18(24)22(16(19)25-3)17(23)20-26-15-11-9-8-10-12-15/h8-12,19H,4-7,13-14H2,1-3H3,(H,20,23). The van der Waals surface area contributed by atoms with Crippen LogP contribution >= 0.6 is 11.9 Å². The maximum atomic E-state index is 12.9. The zero-order chi connectivity index (χ0) is 19.4. The van der Waals surface area contributed by atoms with Crippen LogP contribution in [0.25, 0.3) is 0 Å². The van der Waals surface area contributed by atoms with Crippen molar-refractivity contribution in [2.45, 2.75) is 44.4 Å². The predicted octanol–water partition coefficient (Wildman–Crippen LogP) is 4.31. The Balaban J connectivity index is 2.85. The molecule has 1 aromatic carbocycles. The number of methoxy groups -OCH3 is 1. The number of unbranched alkanes of at least 4 members (excludes halogenated alkanes) is 2. The zero-order valence-corrected chi connectivity index (χ0v) is 16.5. The van der Waals surface area contributed by atoms with E-state index in [0.717, 1.165) is 47.4 Å². The third-order valence-electron chi connectivity index (χ3n) is 3.62. The summed E-state index contributed by atoms with van der Waals surface area (Å²) in [6.45, 7) is 5.17. The number of urea groups is 2. The Bertz CT molecular complexity index is 575. The van der Waals surface area contributed by atoms with E-state index in [2.05, 4.69) is 4.72 Å². The number of benzene rings is 1. The molecule has 0 saturated carbocycles. The van der Waals surface area contributed by atoms with E-state index in [1.165, 1.54) is 7.11 Å². The lowest BCUT2D eigenvalue weighted by atomic mass is 10.3. The molecule has 144 valence electrons. The summed E-state index contributed by atoms with van der Waals surface area (Å²) in [5.74, 6) is 0. The summed E-state index contributed by atoms with van der Waals surface area (Å²) < 4.78 is 7.45. The molecule has 0 heterocycles. The van der Waals surface area contributed by atoms with Gasteiger partial charge in [-0.2, -0.15) is 4.90 Å². The van der Waals surface area contributed by atoms with Crippen molar-refractivity contribution in [3.8, 4) is 0 Å². The Labute approximate surface area is 159 Å². The van der Waals surface area contributed by atoms with Crippen molar-refractivity contribution in [2.75, 3.05) is 20.2 Å². The number of carbonyl (C=O) groups excluding carboxylic acids is 2. The number of nitrogens with one attached hydrogen (secondary N) is 2. The van der Waals surface area contributed by atoms with Gasteiger partial charge in [0.1, 0.15) is 0 Å². The largest absolute Gasteiger partial charge is 0.468 e. The summed E-state index contributed by atoms with van der Waals surface area (Å²) in [7, 11) is 1.27. The fourth-order valence-electron chi connectivity index (χ4n) is 2.14. The van der Waals surface area contributed by atoms with Crippen molar-refractivity contribution in [2.24, 2.45) is 0 Å². The van der Waals surface area contributed by atoms with Gasteiger partial charge in [-0.3, -0.25) is 10.1 Å². The second kappa shape index (κ2) is 12.2. The molecule has 0 bridgehead atoms. The van der Waals surface area contributed by atoms with Crippen LogP contribution in [0.2, 0.25) is 0 Å². The molecule has 1 rings (SSSR count). The molecule has 0 radical (unpaired) electrons. The minimum Gasteiger partial charge on any atom is -0.468 e. The molecule has 0 aliphatic heterocycles. The van der Waals surface area contributed by atoms with E-state index in [-0.39, 0.29) is 0 Å². The molecular weight excluding hydrogens is 352 g/mol. The molecule has 0 unspecified atom stereocenters. The topological polar surface area (TPSA) is 85.7 Å². The third kappa shape index (κ3) is 6.95. The molecule has 8 heteroatoms. The molecule has 0 aliphatic rings. The quantitative estimate of drug-likeness (QED) is 0.400. The van der Waals surface area contributed by atoms with Gasteiger partial charge in [-0.15, -0.1) is 0 Å². The molecular formula is C18H28N4O3S. The van der Waals surface area contributed by atoms with Gasteiger partial charge in [-0.05, 0) is 36.9 Å². The maximum absolute atomic E-state index is 12.9. The Morgan fingerprint density at radius 1 is 1.12 bits per heavy atom. The molecule has 0 aromatic heterocycles. The number of nitrogens with zero attached hydrogens (tertiary/aromatic N) is 2. The smallest absolute Gasteiger partial charge is 0.344 e. The molecule has 2 N–H and O–H groups in total. The number of hydrogen-bond acceptors (Lipinski definition) is 5. The average Bonchev–Trinajstić information content (AvgIpc) is 2.67. The van der Waals surface area contributed by atoms with Gasteiger partial charge in [0.05, 0.1) is 7.11 Å². The van der Waals surface area contributed by atoms with Crippen LogP contribution in [0.1, 0.15) is 39.5 Å². The van der Waals surface area contributed by atoms with E-state index in [0.29, 0.717) is 13.1 Å². The fourth-order valence-corrected chi connectivity index (χ4v) is 2.73. The normalized spacial score (nSPS) is 10.1. The summed E-state index contributed by atoms with van der Waals surface area (Å²) in [5.41, 5.74) is 0. The lowest BCUT2D eigenvalue weighted by Crippen LogP contribution is -2.52. The summed E-state index contributed by atoms with van der Waals surface area (Å²) in [6.07, 6.45) is 3.55. The second-order valence-corrected chi connectivity index (χ2v) is 6.52. The van der Waals surface area contributed by atoms with Crippen LogP contribution in [0.4, 0.5) is 9.59 Å². The van der Waals surface area contributed by atoms with Crippen molar-refractivity contribution in [3.05, 3.63) is 30.3 Å². The molecule has 1 aromatic rings. The zero-order valence-electron chi connectivity index (χ0n) is 15.7. The predicted molar refractivity (Wildman–Crippen MR) is 104 cm³/mol. The van der Waals surface area contributed by atoms with E-state index < -0.39 is 18.1 Å². The molecule has 0 fully saturated rings. The lowest BCUT2D eigenvalue weighted by Gasteiger charge is -2.28. The molecule has 26 heavy (non-hydrogen) atoms. The Kier molecular flexibility index (Phi) is 10.2. The van der Waals surface area contributed by atoms with E-state index in [9.17, 15) is 9.59 Å². The number of rotatable bonds is 8. The van der Waals surface area contributed by atoms with Crippen LogP contribution in [0.5, 0.6) is 0 Å². The summed E-state index contributed by atoms with van der Waals surface area (Å²) in [5, 5.41) is 7.87. The molecule has 7 nitrogen and oxygen atoms in total. The van der Waals surface area contributed by atoms with Crippen LogP contribution in [0.15, 0.2) is 35.2 Å². The SMILES string of the molecule is CCCCN(CCCC)C(=O)N(C(=N)OC)C(=O)NSc1ccccc1. The van der Waals surface area contributed by atoms with Crippen molar-refractivity contribution < 1.29 is 14.3 Å². The van der Waals surface area contributed by atoms with E-state index in [4.69, 9.17) is 10.1 Å². The molecule has 0 aliphatic carbocycles. The Morgan fingerprint density at radius 3 is 2.19 bits per heavy atom. The van der Waals surface area contributed by atoms with Gasteiger partial charge >= 0.3 is 18.1 Å². The van der Waals surface area contributed by atoms with Gasteiger partial charge < -0.3 is 9.64 Å². The Morgan fingerprint density at radius 2 is 1.69 bits per heavy atom. The van der Waals surface area contributed by atoms with E-state index in [1.807, 2.05) is 44.2 Å². The first-order chi connectivity index (χ1) is 12.5. The monoisotopic (exact) mass is 380 g/mol. The van der Waals surface area contributed by atoms with Gasteiger partial charge in [0.2, 0.25) is 0 Å². The van der Waals surface area contributed by atoms with Crippen molar-refractivity contribution in [1.82, 2.24) is 14.5 Å². The summed E-state index contributed by atoms with van der Waals surface area (Å²) >= 11 is 1.09. The first-order valence-electron chi connectivity index (χ1n) is 8.78. The van der Waals surface area contributed by atoms with Crippen molar-refractivity contribution >= 4 is 30.0 Å². The van der Waals surface area contributed by atoms with Crippen LogP contribution in [-0.4, -0.2) is 48.1 Å². The Hall–Kier alpha value is -2.22. The van der Waals surface area contributed by atoms with Gasteiger partial charge in [-0.25, -0.2) is 9.59 Å². The summed E-state index contributed by atoms with van der Waals surface area (Å²) in [4.78, 5) is 28.6. The van der Waals surface area contributed by atoms with Gasteiger partial charge in [0, 0.05) is 18.0 Å². The number of hydrogen-bond donors (Lipinski definition) is 2. The second-order valence-electron chi connectivity index (χ2n) is 5.64.